The van der Waals surface area contributed by atoms with Crippen molar-refractivity contribution in [2.24, 2.45) is 5.92 Å². The van der Waals surface area contributed by atoms with Gasteiger partial charge in [-0.2, -0.15) is 0 Å². The molecular formula is C26H33N3O3S. The molecule has 2 aromatic carbocycles. The quantitative estimate of drug-likeness (QED) is 0.501. The second kappa shape index (κ2) is 11.9. The molecule has 7 heteroatoms. The van der Waals surface area contributed by atoms with Gasteiger partial charge in [-0.15, -0.1) is 0 Å². The molecule has 0 aromatic heterocycles. The number of thiocarbonyl (C=S) groups is 1. The summed E-state index contributed by atoms with van der Waals surface area (Å²) in [6.07, 6.45) is 3.05. The minimum atomic E-state index is -0.359. The molecule has 176 valence electrons. The highest BCUT2D eigenvalue weighted by Crippen LogP contribution is 2.19. The van der Waals surface area contributed by atoms with E-state index in [-0.39, 0.29) is 28.9 Å². The summed E-state index contributed by atoms with van der Waals surface area (Å²) in [7, 11) is 0. The molecule has 3 rings (SSSR count). The first-order chi connectivity index (χ1) is 15.8. The number of amides is 2. The standard InChI is InChI=1S/C26H33N3O3S/c1-17(2)15-19-10-12-20(13-11-19)18(3)24(30)29-26(33)28-23-9-5-4-8-22(23)25(31)27-16-21-7-6-14-32-21/h4-5,8-13,17-18,21H,6-7,14-16H2,1-3H3,(H,27,31)(H2,28,29,30,33). The van der Waals surface area contributed by atoms with Crippen molar-refractivity contribution >= 4 is 34.8 Å². The third-order valence-corrected chi connectivity index (χ3v) is 5.89. The smallest absolute Gasteiger partial charge is 0.253 e. The lowest BCUT2D eigenvalue weighted by Gasteiger charge is -2.17. The summed E-state index contributed by atoms with van der Waals surface area (Å²) < 4.78 is 5.56. The van der Waals surface area contributed by atoms with Crippen LogP contribution in [-0.2, 0) is 16.0 Å². The van der Waals surface area contributed by atoms with Gasteiger partial charge in [-0.25, -0.2) is 0 Å². The van der Waals surface area contributed by atoms with E-state index in [0.717, 1.165) is 31.4 Å². The van der Waals surface area contributed by atoms with Gasteiger partial charge in [0.25, 0.3) is 5.91 Å². The SMILES string of the molecule is CC(C)Cc1ccc(C(C)C(=O)NC(=S)Nc2ccccc2C(=O)NCC2CCCO2)cc1. The Kier molecular flexibility index (Phi) is 8.97. The molecule has 1 saturated heterocycles. The molecule has 2 unspecified atom stereocenters. The topological polar surface area (TPSA) is 79.5 Å². The van der Waals surface area contributed by atoms with E-state index in [9.17, 15) is 9.59 Å². The van der Waals surface area contributed by atoms with Crippen LogP contribution in [0.15, 0.2) is 48.5 Å². The summed E-state index contributed by atoms with van der Waals surface area (Å²) in [6.45, 7) is 7.43. The number of anilines is 1. The van der Waals surface area contributed by atoms with Gasteiger partial charge < -0.3 is 20.7 Å². The Hall–Kier alpha value is -2.77. The van der Waals surface area contributed by atoms with Crippen molar-refractivity contribution in [2.45, 2.75) is 52.1 Å². The highest BCUT2D eigenvalue weighted by Gasteiger charge is 2.20. The van der Waals surface area contributed by atoms with E-state index in [1.165, 1.54) is 5.56 Å². The zero-order chi connectivity index (χ0) is 23.8. The minimum Gasteiger partial charge on any atom is -0.376 e. The number of ether oxygens (including phenoxy) is 1. The normalized spacial score (nSPS) is 16.3. The summed E-state index contributed by atoms with van der Waals surface area (Å²) in [4.78, 5) is 25.4. The first-order valence-corrected chi connectivity index (χ1v) is 11.9. The average Bonchev–Trinajstić information content (AvgIpc) is 3.31. The second-order valence-corrected chi connectivity index (χ2v) is 9.30. The lowest BCUT2D eigenvalue weighted by atomic mass is 9.96. The number of hydrogen-bond acceptors (Lipinski definition) is 4. The van der Waals surface area contributed by atoms with E-state index in [2.05, 4.69) is 41.9 Å². The van der Waals surface area contributed by atoms with E-state index >= 15 is 0 Å². The molecule has 0 bridgehead atoms. The molecule has 33 heavy (non-hydrogen) atoms. The van der Waals surface area contributed by atoms with Crippen LogP contribution in [0.2, 0.25) is 0 Å². The zero-order valence-electron chi connectivity index (χ0n) is 19.5. The number of para-hydroxylation sites is 1. The zero-order valence-corrected chi connectivity index (χ0v) is 20.3. The molecule has 0 radical (unpaired) electrons. The number of benzene rings is 2. The van der Waals surface area contributed by atoms with Crippen LogP contribution in [0.4, 0.5) is 5.69 Å². The van der Waals surface area contributed by atoms with Gasteiger partial charge >= 0.3 is 0 Å². The molecule has 0 aliphatic carbocycles. The van der Waals surface area contributed by atoms with Gasteiger partial charge in [-0.05, 0) is 67.6 Å². The van der Waals surface area contributed by atoms with Gasteiger partial charge in [-0.1, -0.05) is 50.2 Å². The molecule has 1 aliphatic heterocycles. The number of carbonyl (C=O) groups excluding carboxylic acids is 2. The van der Waals surface area contributed by atoms with Crippen molar-refractivity contribution in [2.75, 3.05) is 18.5 Å². The van der Waals surface area contributed by atoms with Gasteiger partial charge in [0.05, 0.1) is 23.3 Å². The maximum atomic E-state index is 12.7. The molecule has 2 atom stereocenters. The first kappa shape index (κ1) is 24.9. The van der Waals surface area contributed by atoms with Crippen molar-refractivity contribution in [3.63, 3.8) is 0 Å². The molecule has 3 N–H and O–H groups in total. The molecule has 0 saturated carbocycles. The lowest BCUT2D eigenvalue weighted by molar-refractivity contribution is -0.120. The Morgan fingerprint density at radius 2 is 1.82 bits per heavy atom. The third kappa shape index (κ3) is 7.37. The summed E-state index contributed by atoms with van der Waals surface area (Å²) in [6, 6.07) is 15.2. The molecule has 2 amide bonds. The van der Waals surface area contributed by atoms with Crippen LogP contribution in [0.3, 0.4) is 0 Å². The van der Waals surface area contributed by atoms with E-state index < -0.39 is 0 Å². The Balaban J connectivity index is 1.56. The number of hydrogen-bond donors (Lipinski definition) is 3. The van der Waals surface area contributed by atoms with Gasteiger partial charge in [-0.3, -0.25) is 9.59 Å². The van der Waals surface area contributed by atoms with Crippen LogP contribution in [0.1, 0.15) is 61.0 Å². The molecule has 2 aromatic rings. The van der Waals surface area contributed by atoms with Crippen LogP contribution in [0, 0.1) is 5.92 Å². The van der Waals surface area contributed by atoms with Gasteiger partial charge in [0, 0.05) is 13.2 Å². The number of carbonyl (C=O) groups is 2. The highest BCUT2D eigenvalue weighted by atomic mass is 32.1. The predicted molar refractivity (Wildman–Crippen MR) is 136 cm³/mol. The highest BCUT2D eigenvalue weighted by molar-refractivity contribution is 7.80. The monoisotopic (exact) mass is 467 g/mol. The summed E-state index contributed by atoms with van der Waals surface area (Å²) in [5.41, 5.74) is 3.18. The number of rotatable bonds is 8. The Labute approximate surface area is 201 Å². The maximum absolute atomic E-state index is 12.7. The molecule has 0 spiro atoms. The Morgan fingerprint density at radius 3 is 2.48 bits per heavy atom. The van der Waals surface area contributed by atoms with Crippen LogP contribution in [0.5, 0.6) is 0 Å². The van der Waals surface area contributed by atoms with E-state index in [1.54, 1.807) is 18.2 Å². The fourth-order valence-corrected chi connectivity index (χ4v) is 4.05. The second-order valence-electron chi connectivity index (χ2n) is 8.90. The molecule has 1 heterocycles. The van der Waals surface area contributed by atoms with Gasteiger partial charge in [0.15, 0.2) is 5.11 Å². The van der Waals surface area contributed by atoms with E-state index in [0.29, 0.717) is 23.7 Å². The van der Waals surface area contributed by atoms with Crippen molar-refractivity contribution in [3.05, 3.63) is 65.2 Å². The van der Waals surface area contributed by atoms with Crippen molar-refractivity contribution in [1.29, 1.82) is 0 Å². The van der Waals surface area contributed by atoms with E-state index in [1.807, 2.05) is 25.1 Å². The fourth-order valence-electron chi connectivity index (χ4n) is 3.84. The minimum absolute atomic E-state index is 0.0652. The largest absolute Gasteiger partial charge is 0.376 e. The summed E-state index contributed by atoms with van der Waals surface area (Å²) >= 11 is 5.35. The molecular weight excluding hydrogens is 434 g/mol. The molecule has 6 nitrogen and oxygen atoms in total. The predicted octanol–water partition coefficient (Wildman–Crippen LogP) is 4.41. The lowest BCUT2D eigenvalue weighted by Crippen LogP contribution is -2.37. The van der Waals surface area contributed by atoms with Crippen molar-refractivity contribution in [1.82, 2.24) is 10.6 Å². The van der Waals surface area contributed by atoms with Crippen LogP contribution < -0.4 is 16.0 Å². The van der Waals surface area contributed by atoms with Crippen molar-refractivity contribution in [3.8, 4) is 0 Å². The summed E-state index contributed by atoms with van der Waals surface area (Å²) in [5.74, 6) is -0.189. The summed E-state index contributed by atoms with van der Waals surface area (Å²) in [5, 5.41) is 8.81. The van der Waals surface area contributed by atoms with Crippen LogP contribution in [0.25, 0.3) is 0 Å². The number of nitrogens with one attached hydrogen (secondary N) is 3. The maximum Gasteiger partial charge on any atom is 0.253 e. The Morgan fingerprint density at radius 1 is 1.09 bits per heavy atom. The van der Waals surface area contributed by atoms with Crippen molar-refractivity contribution < 1.29 is 14.3 Å². The molecule has 1 fully saturated rings. The molecule has 1 aliphatic rings. The van der Waals surface area contributed by atoms with Gasteiger partial charge in [0.2, 0.25) is 5.91 Å². The van der Waals surface area contributed by atoms with Crippen LogP contribution in [-0.4, -0.2) is 36.2 Å². The fraction of sp³-hybridized carbons (Fsp3) is 0.423. The van der Waals surface area contributed by atoms with Crippen LogP contribution >= 0.6 is 12.2 Å². The first-order valence-electron chi connectivity index (χ1n) is 11.5. The average molecular weight is 468 g/mol. The van der Waals surface area contributed by atoms with Gasteiger partial charge in [0.1, 0.15) is 0 Å². The van der Waals surface area contributed by atoms with E-state index in [4.69, 9.17) is 17.0 Å². The third-order valence-electron chi connectivity index (χ3n) is 5.69. The Bertz CT molecular complexity index is 969.